The SMILES string of the molecule is CCCCCCOc1c(Br)cc(C2C(C(=O)Nc3ccc(C)cc3C)=C(C)Nc3nc(SCc4ccccc4Cl)nn32)cc1OCC. The number of carbonyl (C=O) groups excluding carboxylic acids is 1. The molecule has 1 amide bonds. The van der Waals surface area contributed by atoms with Crippen molar-refractivity contribution in [1.29, 1.82) is 0 Å². The molecule has 1 atom stereocenters. The zero-order chi connectivity index (χ0) is 33.5. The van der Waals surface area contributed by atoms with E-state index in [-0.39, 0.29) is 5.91 Å². The molecule has 47 heavy (non-hydrogen) atoms. The van der Waals surface area contributed by atoms with Crippen molar-refractivity contribution in [2.24, 2.45) is 0 Å². The smallest absolute Gasteiger partial charge is 0.255 e. The lowest BCUT2D eigenvalue weighted by Gasteiger charge is -2.29. The molecule has 0 spiro atoms. The number of rotatable bonds is 14. The van der Waals surface area contributed by atoms with Gasteiger partial charge in [0.25, 0.3) is 5.91 Å². The van der Waals surface area contributed by atoms with Crippen LogP contribution < -0.4 is 20.1 Å². The van der Waals surface area contributed by atoms with E-state index in [2.05, 4.69) is 39.6 Å². The summed E-state index contributed by atoms with van der Waals surface area (Å²) in [4.78, 5) is 19.0. The number of fused-ring (bicyclic) bond motifs is 1. The molecule has 8 nitrogen and oxygen atoms in total. The summed E-state index contributed by atoms with van der Waals surface area (Å²) in [6.07, 6.45) is 4.41. The van der Waals surface area contributed by atoms with E-state index in [0.717, 1.165) is 51.7 Å². The number of ether oxygens (including phenoxy) is 2. The zero-order valence-electron chi connectivity index (χ0n) is 27.5. The minimum absolute atomic E-state index is 0.233. The van der Waals surface area contributed by atoms with Gasteiger partial charge in [0, 0.05) is 22.2 Å². The second kappa shape index (κ2) is 16.1. The van der Waals surface area contributed by atoms with Crippen molar-refractivity contribution in [3.05, 3.63) is 97.6 Å². The Bertz CT molecular complexity index is 1780. The summed E-state index contributed by atoms with van der Waals surface area (Å²) in [6, 6.07) is 17.1. The van der Waals surface area contributed by atoms with Crippen LogP contribution in [0.4, 0.5) is 11.6 Å². The van der Waals surface area contributed by atoms with Gasteiger partial charge in [-0.1, -0.05) is 85.4 Å². The Balaban J connectivity index is 1.54. The molecule has 0 bridgehead atoms. The highest BCUT2D eigenvalue weighted by molar-refractivity contribution is 9.10. The molecule has 1 aromatic heterocycles. The molecule has 248 valence electrons. The zero-order valence-corrected chi connectivity index (χ0v) is 30.6. The van der Waals surface area contributed by atoms with E-state index in [4.69, 9.17) is 31.2 Å². The number of unbranched alkanes of at least 4 members (excludes halogenated alkanes) is 3. The average molecular weight is 739 g/mol. The number of nitrogens with zero attached hydrogens (tertiary/aromatic N) is 3. The maximum Gasteiger partial charge on any atom is 0.255 e. The average Bonchev–Trinajstić information content (AvgIpc) is 3.44. The number of anilines is 2. The molecular formula is C36H41BrClN5O3S. The summed E-state index contributed by atoms with van der Waals surface area (Å²) in [5.41, 5.74) is 5.87. The Hall–Kier alpha value is -3.47. The Morgan fingerprint density at radius 2 is 1.87 bits per heavy atom. The first-order valence-electron chi connectivity index (χ1n) is 16.0. The Morgan fingerprint density at radius 3 is 2.62 bits per heavy atom. The second-order valence-corrected chi connectivity index (χ2v) is 13.8. The maximum atomic E-state index is 14.2. The molecule has 2 N–H and O–H groups in total. The van der Waals surface area contributed by atoms with Gasteiger partial charge in [0.15, 0.2) is 11.5 Å². The van der Waals surface area contributed by atoms with Crippen LogP contribution in [-0.2, 0) is 10.5 Å². The summed E-state index contributed by atoms with van der Waals surface area (Å²) in [7, 11) is 0. The minimum Gasteiger partial charge on any atom is -0.490 e. The number of carbonyl (C=O) groups is 1. The van der Waals surface area contributed by atoms with Crippen LogP contribution in [0.3, 0.4) is 0 Å². The molecule has 3 aromatic carbocycles. The van der Waals surface area contributed by atoms with Crippen LogP contribution in [-0.4, -0.2) is 33.9 Å². The van der Waals surface area contributed by atoms with E-state index in [9.17, 15) is 4.79 Å². The molecule has 1 aliphatic rings. The molecule has 1 aliphatic heterocycles. The van der Waals surface area contributed by atoms with Gasteiger partial charge >= 0.3 is 0 Å². The molecular weight excluding hydrogens is 698 g/mol. The largest absolute Gasteiger partial charge is 0.490 e. The topological polar surface area (TPSA) is 90.3 Å². The first-order valence-corrected chi connectivity index (χ1v) is 18.1. The Labute approximate surface area is 294 Å². The molecule has 0 aliphatic carbocycles. The fourth-order valence-corrected chi connectivity index (χ4v) is 7.24. The molecule has 0 saturated heterocycles. The predicted molar refractivity (Wildman–Crippen MR) is 195 cm³/mol. The van der Waals surface area contributed by atoms with Gasteiger partial charge in [-0.3, -0.25) is 4.79 Å². The van der Waals surface area contributed by atoms with Gasteiger partial charge in [0.05, 0.1) is 23.3 Å². The van der Waals surface area contributed by atoms with E-state index in [0.29, 0.717) is 57.9 Å². The van der Waals surface area contributed by atoms with Crippen molar-refractivity contribution in [2.45, 2.75) is 77.3 Å². The lowest BCUT2D eigenvalue weighted by atomic mass is 9.94. The summed E-state index contributed by atoms with van der Waals surface area (Å²) < 4.78 is 14.9. The van der Waals surface area contributed by atoms with Gasteiger partial charge in [0.1, 0.15) is 6.04 Å². The number of hydrogen-bond donors (Lipinski definition) is 2. The van der Waals surface area contributed by atoms with E-state index in [1.807, 2.05) is 76.2 Å². The predicted octanol–water partition coefficient (Wildman–Crippen LogP) is 9.89. The number of thioether (sulfide) groups is 1. The van der Waals surface area contributed by atoms with Crippen LogP contribution in [0, 0.1) is 13.8 Å². The normalized spacial score (nSPS) is 14.1. The summed E-state index contributed by atoms with van der Waals surface area (Å²) >= 11 is 11.7. The number of benzene rings is 3. The number of allylic oxidation sites excluding steroid dienone is 1. The van der Waals surface area contributed by atoms with Gasteiger partial charge in [-0.2, -0.15) is 4.98 Å². The molecule has 4 aromatic rings. The first-order chi connectivity index (χ1) is 22.7. The van der Waals surface area contributed by atoms with Crippen LogP contribution in [0.25, 0.3) is 0 Å². The van der Waals surface area contributed by atoms with E-state index in [1.54, 1.807) is 4.68 Å². The Morgan fingerprint density at radius 1 is 1.06 bits per heavy atom. The van der Waals surface area contributed by atoms with Gasteiger partial charge in [0.2, 0.25) is 11.1 Å². The molecule has 0 radical (unpaired) electrons. The van der Waals surface area contributed by atoms with E-state index >= 15 is 0 Å². The number of aromatic nitrogens is 3. The quantitative estimate of drug-likeness (QED) is 0.0984. The fraction of sp³-hybridized carbons (Fsp3) is 0.361. The van der Waals surface area contributed by atoms with Crippen molar-refractivity contribution >= 4 is 56.8 Å². The van der Waals surface area contributed by atoms with Crippen LogP contribution in [0.2, 0.25) is 5.02 Å². The lowest BCUT2D eigenvalue weighted by molar-refractivity contribution is -0.113. The summed E-state index contributed by atoms with van der Waals surface area (Å²) in [6.45, 7) is 11.1. The van der Waals surface area contributed by atoms with Crippen LogP contribution in [0.1, 0.15) is 74.8 Å². The van der Waals surface area contributed by atoms with Crippen molar-refractivity contribution in [2.75, 3.05) is 23.8 Å². The molecule has 2 heterocycles. The van der Waals surface area contributed by atoms with E-state index < -0.39 is 6.04 Å². The third-order valence-corrected chi connectivity index (χ3v) is 9.76. The highest BCUT2D eigenvalue weighted by Gasteiger charge is 2.35. The second-order valence-electron chi connectivity index (χ2n) is 11.6. The molecule has 0 saturated carbocycles. The third-order valence-electron chi connectivity index (χ3n) is 7.91. The van der Waals surface area contributed by atoms with Crippen molar-refractivity contribution in [3.63, 3.8) is 0 Å². The van der Waals surface area contributed by atoms with Crippen LogP contribution >= 0.6 is 39.3 Å². The van der Waals surface area contributed by atoms with Gasteiger partial charge < -0.3 is 20.1 Å². The minimum atomic E-state index is -0.603. The molecule has 1 unspecified atom stereocenters. The Kier molecular flexibility index (Phi) is 11.9. The standard InChI is InChI=1S/C36H41BrClN5O3S/c1-6-8-9-12-17-46-33-27(37)19-26(20-30(33)45-7-2)32-31(34(44)40-29-16-15-22(3)18-23(29)4)24(5)39-35-41-36(42-43(32)35)47-21-25-13-10-11-14-28(25)38/h10-11,13-16,18-20,32H,6-9,12,17,21H2,1-5H3,(H,40,44)(H,39,41,42). The number of nitrogens with one attached hydrogen (secondary N) is 2. The number of aryl methyl sites for hydroxylation is 2. The van der Waals surface area contributed by atoms with Gasteiger partial charge in [-0.15, -0.1) is 5.10 Å². The monoisotopic (exact) mass is 737 g/mol. The van der Waals surface area contributed by atoms with E-state index in [1.165, 1.54) is 18.2 Å². The first kappa shape index (κ1) is 34.9. The fourth-order valence-electron chi connectivity index (χ4n) is 5.55. The van der Waals surface area contributed by atoms with Crippen molar-refractivity contribution < 1.29 is 14.3 Å². The van der Waals surface area contributed by atoms with Crippen LogP contribution in [0.15, 0.2) is 75.5 Å². The highest BCUT2D eigenvalue weighted by atomic mass is 79.9. The van der Waals surface area contributed by atoms with Crippen molar-refractivity contribution in [3.8, 4) is 11.5 Å². The molecule has 5 rings (SSSR count). The lowest BCUT2D eigenvalue weighted by Crippen LogP contribution is -2.31. The summed E-state index contributed by atoms with van der Waals surface area (Å²) in [5, 5.41) is 12.7. The summed E-state index contributed by atoms with van der Waals surface area (Å²) in [5.74, 6) is 2.17. The van der Waals surface area contributed by atoms with Gasteiger partial charge in [-0.25, -0.2) is 4.68 Å². The van der Waals surface area contributed by atoms with Crippen LogP contribution in [0.5, 0.6) is 11.5 Å². The highest BCUT2D eigenvalue weighted by Crippen LogP contribution is 2.44. The molecule has 0 fully saturated rings. The third kappa shape index (κ3) is 8.34. The maximum absolute atomic E-state index is 14.2. The number of hydrogen-bond acceptors (Lipinski definition) is 7. The number of halogens is 2. The van der Waals surface area contributed by atoms with Crippen molar-refractivity contribution in [1.82, 2.24) is 14.8 Å². The number of amides is 1. The molecule has 11 heteroatoms. The van der Waals surface area contributed by atoms with Gasteiger partial charge in [-0.05, 0) is 91.0 Å².